The first-order valence-corrected chi connectivity index (χ1v) is 12.6. The first-order chi connectivity index (χ1) is 18.4. The maximum atomic E-state index is 13.5. The molecule has 5 heteroatoms. The number of amides is 1. The van der Waals surface area contributed by atoms with Crippen LogP contribution in [0.25, 0.3) is 5.76 Å². The Kier molecular flexibility index (Phi) is 7.09. The van der Waals surface area contributed by atoms with Gasteiger partial charge in [0.05, 0.1) is 11.6 Å². The molecule has 1 heterocycles. The Bertz CT molecular complexity index is 1510. The van der Waals surface area contributed by atoms with Gasteiger partial charge in [0.25, 0.3) is 11.7 Å². The zero-order chi connectivity index (χ0) is 26.6. The van der Waals surface area contributed by atoms with Crippen LogP contribution in [0.2, 0.25) is 0 Å². The lowest BCUT2D eigenvalue weighted by molar-refractivity contribution is -0.139. The average molecular weight is 504 g/mol. The second kappa shape index (κ2) is 10.8. The molecule has 1 aliphatic heterocycles. The average Bonchev–Trinajstić information content (AvgIpc) is 3.19. The number of likely N-dealkylation sites (tertiary alicyclic amines) is 1. The van der Waals surface area contributed by atoms with Crippen molar-refractivity contribution in [3.05, 3.63) is 137 Å². The molecule has 0 aliphatic carbocycles. The molecule has 4 aromatic carbocycles. The van der Waals surface area contributed by atoms with Gasteiger partial charge in [-0.3, -0.25) is 9.59 Å². The van der Waals surface area contributed by atoms with Crippen molar-refractivity contribution in [3.8, 4) is 11.5 Å². The third kappa shape index (κ3) is 5.09. The largest absolute Gasteiger partial charge is 0.507 e. The highest BCUT2D eigenvalue weighted by Crippen LogP contribution is 2.41. The van der Waals surface area contributed by atoms with Crippen molar-refractivity contribution in [1.29, 1.82) is 0 Å². The highest BCUT2D eigenvalue weighted by molar-refractivity contribution is 6.46. The number of ether oxygens (including phenoxy) is 1. The Hall–Kier alpha value is -4.64. The number of para-hydroxylation sites is 1. The van der Waals surface area contributed by atoms with E-state index in [4.69, 9.17) is 4.74 Å². The molecule has 1 aliphatic rings. The minimum atomic E-state index is -0.752. The lowest BCUT2D eigenvalue weighted by Gasteiger charge is -2.26. The summed E-state index contributed by atoms with van der Waals surface area (Å²) in [5, 5.41) is 11.5. The van der Waals surface area contributed by atoms with Gasteiger partial charge in [-0.25, -0.2) is 0 Å². The predicted molar refractivity (Wildman–Crippen MR) is 148 cm³/mol. The Morgan fingerprint density at radius 3 is 2.24 bits per heavy atom. The molecule has 5 nitrogen and oxygen atoms in total. The van der Waals surface area contributed by atoms with Gasteiger partial charge in [-0.05, 0) is 67.3 Å². The Balaban J connectivity index is 1.60. The maximum absolute atomic E-state index is 13.5. The van der Waals surface area contributed by atoms with E-state index in [1.54, 1.807) is 4.90 Å². The van der Waals surface area contributed by atoms with Gasteiger partial charge in [0.1, 0.15) is 17.3 Å². The summed E-state index contributed by atoms with van der Waals surface area (Å²) in [6.45, 7) is 4.13. The Labute approximate surface area is 222 Å². The monoisotopic (exact) mass is 503 g/mol. The van der Waals surface area contributed by atoms with Crippen molar-refractivity contribution in [2.75, 3.05) is 6.54 Å². The molecule has 0 aromatic heterocycles. The van der Waals surface area contributed by atoms with Crippen LogP contribution in [-0.2, 0) is 16.0 Å². The summed E-state index contributed by atoms with van der Waals surface area (Å²) < 4.78 is 6.05. The fourth-order valence-corrected chi connectivity index (χ4v) is 4.86. The van der Waals surface area contributed by atoms with Crippen LogP contribution >= 0.6 is 0 Å². The van der Waals surface area contributed by atoms with Gasteiger partial charge < -0.3 is 14.7 Å². The zero-order valence-corrected chi connectivity index (χ0v) is 21.4. The lowest BCUT2D eigenvalue weighted by Crippen LogP contribution is -2.31. The topological polar surface area (TPSA) is 66.8 Å². The smallest absolute Gasteiger partial charge is 0.295 e. The van der Waals surface area contributed by atoms with E-state index in [1.807, 2.05) is 117 Å². The van der Waals surface area contributed by atoms with Crippen molar-refractivity contribution in [1.82, 2.24) is 4.90 Å². The third-order valence-corrected chi connectivity index (χ3v) is 6.83. The van der Waals surface area contributed by atoms with E-state index in [1.165, 1.54) is 0 Å². The number of aryl methyl sites for hydroxylation is 2. The highest BCUT2D eigenvalue weighted by Gasteiger charge is 2.46. The molecule has 38 heavy (non-hydrogen) atoms. The van der Waals surface area contributed by atoms with Crippen LogP contribution in [0.4, 0.5) is 0 Å². The van der Waals surface area contributed by atoms with E-state index >= 15 is 0 Å². The van der Waals surface area contributed by atoms with E-state index < -0.39 is 17.7 Å². The third-order valence-electron chi connectivity index (χ3n) is 6.83. The summed E-state index contributed by atoms with van der Waals surface area (Å²) in [4.78, 5) is 28.4. The second-order valence-electron chi connectivity index (χ2n) is 9.53. The fraction of sp³-hybridized carbons (Fsp3) is 0.152. The van der Waals surface area contributed by atoms with E-state index in [2.05, 4.69) is 0 Å². The molecule has 190 valence electrons. The quantitative estimate of drug-likeness (QED) is 0.172. The fourth-order valence-electron chi connectivity index (χ4n) is 4.86. The molecule has 0 saturated carbocycles. The van der Waals surface area contributed by atoms with E-state index in [-0.39, 0.29) is 11.3 Å². The minimum Gasteiger partial charge on any atom is -0.507 e. The standard InChI is InChI=1S/C33H29NO4/c1-22-16-17-23(2)28(20-22)31(35)29-30(25-12-9-15-27(21-25)38-26-13-7-4-8-14-26)34(33(37)32(29)36)19-18-24-10-5-3-6-11-24/h3-17,20-21,30,35H,18-19H2,1-2H3. The summed E-state index contributed by atoms with van der Waals surface area (Å²) in [7, 11) is 0. The van der Waals surface area contributed by atoms with Gasteiger partial charge >= 0.3 is 0 Å². The number of benzene rings is 4. The van der Waals surface area contributed by atoms with Gasteiger partial charge in [-0.2, -0.15) is 0 Å². The van der Waals surface area contributed by atoms with E-state index in [0.29, 0.717) is 35.6 Å². The number of rotatable bonds is 7. The van der Waals surface area contributed by atoms with Gasteiger partial charge in [0.15, 0.2) is 0 Å². The van der Waals surface area contributed by atoms with E-state index in [0.717, 1.165) is 16.7 Å². The molecule has 1 fully saturated rings. The van der Waals surface area contributed by atoms with E-state index in [9.17, 15) is 14.7 Å². The molecule has 5 rings (SSSR count). The van der Waals surface area contributed by atoms with Gasteiger partial charge in [-0.1, -0.05) is 78.4 Å². The molecule has 0 spiro atoms. The van der Waals surface area contributed by atoms with Crippen molar-refractivity contribution >= 4 is 17.4 Å². The second-order valence-corrected chi connectivity index (χ2v) is 9.53. The number of Topliss-reactive ketones (excluding diaryl/α,β-unsaturated/α-hetero) is 1. The summed E-state index contributed by atoms with van der Waals surface area (Å²) in [5.74, 6) is -0.207. The number of aliphatic hydroxyl groups is 1. The summed E-state index contributed by atoms with van der Waals surface area (Å²) in [6, 6.07) is 31.5. The van der Waals surface area contributed by atoms with Crippen LogP contribution in [-0.4, -0.2) is 28.2 Å². The van der Waals surface area contributed by atoms with Gasteiger partial charge in [0, 0.05) is 12.1 Å². The van der Waals surface area contributed by atoms with Crippen LogP contribution in [0, 0.1) is 13.8 Å². The molecular formula is C33H29NO4. The summed E-state index contributed by atoms with van der Waals surface area (Å²) in [6.07, 6.45) is 0.577. The van der Waals surface area contributed by atoms with Crippen molar-refractivity contribution in [3.63, 3.8) is 0 Å². The van der Waals surface area contributed by atoms with Crippen LogP contribution in [0.3, 0.4) is 0 Å². The van der Waals surface area contributed by atoms with Gasteiger partial charge in [-0.15, -0.1) is 0 Å². The number of nitrogens with zero attached hydrogens (tertiary/aromatic N) is 1. The molecule has 1 amide bonds. The molecule has 1 saturated heterocycles. The molecule has 4 aromatic rings. The normalized spacial score (nSPS) is 16.6. The number of ketones is 1. The van der Waals surface area contributed by atoms with Crippen LogP contribution < -0.4 is 4.74 Å². The van der Waals surface area contributed by atoms with Gasteiger partial charge in [0.2, 0.25) is 0 Å². The van der Waals surface area contributed by atoms with Crippen LogP contribution in [0.15, 0.2) is 109 Å². The number of carbonyl (C=O) groups excluding carboxylic acids is 2. The summed E-state index contributed by atoms with van der Waals surface area (Å²) in [5.41, 5.74) is 4.16. The minimum absolute atomic E-state index is 0.0913. The maximum Gasteiger partial charge on any atom is 0.295 e. The molecule has 1 atom stereocenters. The summed E-state index contributed by atoms with van der Waals surface area (Å²) >= 11 is 0. The van der Waals surface area contributed by atoms with Crippen molar-refractivity contribution in [2.24, 2.45) is 0 Å². The van der Waals surface area contributed by atoms with Crippen molar-refractivity contribution < 1.29 is 19.4 Å². The zero-order valence-electron chi connectivity index (χ0n) is 21.4. The number of aliphatic hydroxyl groups excluding tert-OH is 1. The first kappa shape index (κ1) is 25.0. The first-order valence-electron chi connectivity index (χ1n) is 12.6. The molecule has 0 radical (unpaired) electrons. The van der Waals surface area contributed by atoms with Crippen LogP contribution in [0.1, 0.15) is 33.9 Å². The SMILES string of the molecule is Cc1ccc(C)c(C(O)=C2C(=O)C(=O)N(CCc3ccccc3)C2c2cccc(Oc3ccccc3)c2)c1. The number of carbonyl (C=O) groups is 2. The predicted octanol–water partition coefficient (Wildman–Crippen LogP) is 6.76. The number of hydrogen-bond acceptors (Lipinski definition) is 4. The Morgan fingerprint density at radius 1 is 0.816 bits per heavy atom. The molecule has 1 unspecified atom stereocenters. The molecular weight excluding hydrogens is 474 g/mol. The number of hydrogen-bond donors (Lipinski definition) is 1. The van der Waals surface area contributed by atoms with Crippen LogP contribution in [0.5, 0.6) is 11.5 Å². The molecule has 1 N–H and O–H groups in total. The Morgan fingerprint density at radius 2 is 1.50 bits per heavy atom. The highest BCUT2D eigenvalue weighted by atomic mass is 16.5. The van der Waals surface area contributed by atoms with Crippen molar-refractivity contribution in [2.45, 2.75) is 26.3 Å². The molecule has 0 bridgehead atoms. The lowest BCUT2D eigenvalue weighted by atomic mass is 9.93.